The van der Waals surface area contributed by atoms with Crippen LogP contribution in [0.25, 0.3) is 0 Å². The Bertz CT molecular complexity index is 507. The summed E-state index contributed by atoms with van der Waals surface area (Å²) < 4.78 is 0. The summed E-state index contributed by atoms with van der Waals surface area (Å²) in [5.74, 6) is -1.33. The Hall–Kier alpha value is -1.46. The Balaban J connectivity index is 2.58. The number of hydrogen-bond donors (Lipinski definition) is 3. The van der Waals surface area contributed by atoms with Crippen molar-refractivity contribution in [3.63, 3.8) is 0 Å². The smallest absolute Gasteiger partial charge is 0.303 e. The number of allylic oxidation sites excluding steroid dienone is 3. The van der Waals surface area contributed by atoms with Gasteiger partial charge in [-0.2, -0.15) is 0 Å². The standard InChI is InChI=1S/C21H34O5/c1-3-4-9-13-21(2,26)14-12-17-16(18(22)15-19(17)23)10-7-5-6-8-11-20(24)25/h5,7,12,14,16-18,22,26H,3-4,6,8-11,13,15H2,1-2H3,(H,24,25)/t16-,17-,18+,21-/m1/s1. The van der Waals surface area contributed by atoms with Crippen molar-refractivity contribution in [1.82, 2.24) is 0 Å². The van der Waals surface area contributed by atoms with Crippen molar-refractivity contribution in [2.24, 2.45) is 11.8 Å². The molecule has 148 valence electrons. The Morgan fingerprint density at radius 1 is 1.27 bits per heavy atom. The van der Waals surface area contributed by atoms with Gasteiger partial charge in [0.05, 0.1) is 11.7 Å². The molecule has 1 fully saturated rings. The highest BCUT2D eigenvalue weighted by molar-refractivity contribution is 5.86. The van der Waals surface area contributed by atoms with E-state index in [-0.39, 0.29) is 30.5 Å². The maximum Gasteiger partial charge on any atom is 0.303 e. The predicted molar refractivity (Wildman–Crippen MR) is 102 cm³/mol. The van der Waals surface area contributed by atoms with E-state index in [1.54, 1.807) is 19.1 Å². The first-order chi connectivity index (χ1) is 12.3. The number of aliphatic carboxylic acids is 1. The average Bonchev–Trinajstić information content (AvgIpc) is 2.82. The SMILES string of the molecule is CCCCC[C@@](C)(O)C=C[C@H]1C(=O)C[C@H](O)[C@@H]1CC=CCCCC(=O)O. The molecule has 0 aliphatic heterocycles. The third-order valence-electron chi connectivity index (χ3n) is 5.02. The van der Waals surface area contributed by atoms with Crippen molar-refractivity contribution in [3.05, 3.63) is 24.3 Å². The molecular formula is C21H34O5. The number of carbonyl (C=O) groups is 2. The monoisotopic (exact) mass is 366 g/mol. The third kappa shape index (κ3) is 8.28. The van der Waals surface area contributed by atoms with Crippen LogP contribution in [-0.4, -0.2) is 38.8 Å². The molecule has 1 aliphatic rings. The number of aliphatic hydroxyl groups is 2. The van der Waals surface area contributed by atoms with E-state index in [2.05, 4.69) is 6.92 Å². The molecule has 0 spiro atoms. The average molecular weight is 366 g/mol. The van der Waals surface area contributed by atoms with Gasteiger partial charge in [0.25, 0.3) is 0 Å². The first-order valence-electron chi connectivity index (χ1n) is 9.76. The van der Waals surface area contributed by atoms with Crippen LogP contribution >= 0.6 is 0 Å². The molecule has 0 aromatic rings. The number of aliphatic hydroxyl groups excluding tert-OH is 1. The molecule has 0 aromatic heterocycles. The van der Waals surface area contributed by atoms with Crippen molar-refractivity contribution in [3.8, 4) is 0 Å². The molecule has 0 unspecified atom stereocenters. The Kier molecular flexibility index (Phi) is 9.81. The highest BCUT2D eigenvalue weighted by Gasteiger charge is 2.39. The molecule has 4 atom stereocenters. The highest BCUT2D eigenvalue weighted by atomic mass is 16.4. The number of Topliss-reactive ketones (excluding diaryl/α,β-unsaturated/α-hetero) is 1. The molecule has 26 heavy (non-hydrogen) atoms. The Morgan fingerprint density at radius 3 is 2.65 bits per heavy atom. The van der Waals surface area contributed by atoms with E-state index in [4.69, 9.17) is 5.11 Å². The fourth-order valence-corrected chi connectivity index (χ4v) is 3.39. The van der Waals surface area contributed by atoms with Gasteiger partial charge in [0.15, 0.2) is 0 Å². The first-order valence-corrected chi connectivity index (χ1v) is 9.76. The molecule has 1 aliphatic carbocycles. The van der Waals surface area contributed by atoms with Crippen LogP contribution < -0.4 is 0 Å². The van der Waals surface area contributed by atoms with Crippen LogP contribution in [0.15, 0.2) is 24.3 Å². The molecule has 0 aromatic carbocycles. The summed E-state index contributed by atoms with van der Waals surface area (Å²) in [7, 11) is 0. The van der Waals surface area contributed by atoms with Gasteiger partial charge >= 0.3 is 5.97 Å². The topological polar surface area (TPSA) is 94.8 Å². The molecule has 0 heterocycles. The van der Waals surface area contributed by atoms with E-state index in [1.165, 1.54) is 0 Å². The van der Waals surface area contributed by atoms with E-state index in [1.807, 2.05) is 12.2 Å². The van der Waals surface area contributed by atoms with Crippen LogP contribution in [0.1, 0.15) is 71.6 Å². The quantitative estimate of drug-likeness (QED) is 0.362. The van der Waals surface area contributed by atoms with Crippen LogP contribution in [0.4, 0.5) is 0 Å². The second-order valence-corrected chi connectivity index (χ2v) is 7.59. The summed E-state index contributed by atoms with van der Waals surface area (Å²) in [5, 5.41) is 29.2. The minimum Gasteiger partial charge on any atom is -0.481 e. The van der Waals surface area contributed by atoms with E-state index in [9.17, 15) is 19.8 Å². The fourth-order valence-electron chi connectivity index (χ4n) is 3.39. The molecule has 0 amide bonds. The summed E-state index contributed by atoms with van der Waals surface area (Å²) in [5.41, 5.74) is -0.930. The number of carbonyl (C=O) groups excluding carboxylic acids is 1. The molecule has 3 N–H and O–H groups in total. The summed E-state index contributed by atoms with van der Waals surface area (Å²) in [6.45, 7) is 3.87. The summed E-state index contributed by atoms with van der Waals surface area (Å²) in [4.78, 5) is 22.7. The predicted octanol–water partition coefficient (Wildman–Crippen LogP) is 3.64. The van der Waals surface area contributed by atoms with Crippen molar-refractivity contribution in [2.45, 2.75) is 83.3 Å². The third-order valence-corrected chi connectivity index (χ3v) is 5.02. The van der Waals surface area contributed by atoms with Gasteiger partial charge in [0.1, 0.15) is 5.78 Å². The lowest BCUT2D eigenvalue weighted by Gasteiger charge is -2.21. The van der Waals surface area contributed by atoms with Crippen LogP contribution in [0.3, 0.4) is 0 Å². The fraction of sp³-hybridized carbons (Fsp3) is 0.714. The van der Waals surface area contributed by atoms with Crippen molar-refractivity contribution >= 4 is 11.8 Å². The number of unbranched alkanes of at least 4 members (excludes halogenated alkanes) is 3. The second kappa shape index (κ2) is 11.3. The second-order valence-electron chi connectivity index (χ2n) is 7.59. The van der Waals surface area contributed by atoms with Crippen molar-refractivity contribution in [2.75, 3.05) is 0 Å². The number of hydrogen-bond acceptors (Lipinski definition) is 4. The van der Waals surface area contributed by atoms with E-state index in [0.29, 0.717) is 25.7 Å². The van der Waals surface area contributed by atoms with Gasteiger partial charge < -0.3 is 15.3 Å². The van der Waals surface area contributed by atoms with Gasteiger partial charge in [-0.1, -0.05) is 50.5 Å². The number of ketones is 1. The zero-order valence-electron chi connectivity index (χ0n) is 16.1. The maximum atomic E-state index is 12.2. The normalized spacial score (nSPS) is 26.0. The lowest BCUT2D eigenvalue weighted by atomic mass is 9.88. The van der Waals surface area contributed by atoms with Gasteiger partial charge in [-0.05, 0) is 32.6 Å². The van der Waals surface area contributed by atoms with Gasteiger partial charge in [0.2, 0.25) is 0 Å². The first kappa shape index (κ1) is 22.6. The largest absolute Gasteiger partial charge is 0.481 e. The van der Waals surface area contributed by atoms with Crippen LogP contribution in [-0.2, 0) is 9.59 Å². The molecule has 0 radical (unpaired) electrons. The van der Waals surface area contributed by atoms with Gasteiger partial charge in [-0.15, -0.1) is 0 Å². The number of carboxylic acid groups (broad SMARTS) is 1. The summed E-state index contributed by atoms with van der Waals surface area (Å²) >= 11 is 0. The molecule has 0 saturated heterocycles. The van der Waals surface area contributed by atoms with Crippen LogP contribution in [0.5, 0.6) is 0 Å². The number of rotatable bonds is 12. The van der Waals surface area contributed by atoms with E-state index < -0.39 is 17.7 Å². The molecule has 5 nitrogen and oxygen atoms in total. The van der Waals surface area contributed by atoms with Gasteiger partial charge in [0, 0.05) is 24.7 Å². The number of carboxylic acids is 1. The molecule has 5 heteroatoms. The van der Waals surface area contributed by atoms with Crippen LogP contribution in [0.2, 0.25) is 0 Å². The zero-order valence-corrected chi connectivity index (χ0v) is 16.1. The molecule has 0 bridgehead atoms. The lowest BCUT2D eigenvalue weighted by molar-refractivity contribution is -0.137. The van der Waals surface area contributed by atoms with Crippen molar-refractivity contribution < 1.29 is 24.9 Å². The van der Waals surface area contributed by atoms with Crippen molar-refractivity contribution in [1.29, 1.82) is 0 Å². The van der Waals surface area contributed by atoms with Gasteiger partial charge in [-0.25, -0.2) is 0 Å². The van der Waals surface area contributed by atoms with Crippen LogP contribution in [0, 0.1) is 11.8 Å². The Labute approximate surface area is 156 Å². The molecular weight excluding hydrogens is 332 g/mol. The van der Waals surface area contributed by atoms with Gasteiger partial charge in [-0.3, -0.25) is 9.59 Å². The maximum absolute atomic E-state index is 12.2. The minimum atomic E-state index is -0.930. The minimum absolute atomic E-state index is 0.0161. The Morgan fingerprint density at radius 2 is 2.00 bits per heavy atom. The molecule has 1 saturated carbocycles. The zero-order chi connectivity index (χ0) is 19.6. The van der Waals surface area contributed by atoms with E-state index in [0.717, 1.165) is 19.3 Å². The van der Waals surface area contributed by atoms with E-state index >= 15 is 0 Å². The summed E-state index contributed by atoms with van der Waals surface area (Å²) in [6, 6.07) is 0. The highest BCUT2D eigenvalue weighted by Crippen LogP contribution is 2.34. The molecule has 1 rings (SSSR count). The summed E-state index contributed by atoms with van der Waals surface area (Å²) in [6.07, 6.45) is 12.6. The lowest BCUT2D eigenvalue weighted by Crippen LogP contribution is -2.23.